The first-order valence-corrected chi connectivity index (χ1v) is 29.6. The largest absolute Gasteiger partial charge is 0.391 e. The van der Waals surface area contributed by atoms with Crippen molar-refractivity contribution < 1.29 is 41.1 Å². The fourth-order valence-electron chi connectivity index (χ4n) is 11.2. The first-order chi connectivity index (χ1) is 38.7. The van der Waals surface area contributed by atoms with E-state index in [1.54, 1.807) is 40.9 Å². The molecule has 0 aliphatic carbocycles. The van der Waals surface area contributed by atoms with Crippen molar-refractivity contribution in [3.63, 3.8) is 0 Å². The van der Waals surface area contributed by atoms with Crippen molar-refractivity contribution in [2.24, 2.45) is 11.3 Å². The van der Waals surface area contributed by atoms with Crippen LogP contribution in [0.25, 0.3) is 32.6 Å². The van der Waals surface area contributed by atoms with E-state index >= 15 is 8.78 Å². The minimum absolute atomic E-state index is 0.00970. The van der Waals surface area contributed by atoms with Crippen molar-refractivity contribution in [1.29, 1.82) is 0 Å². The van der Waals surface area contributed by atoms with Gasteiger partial charge in [0.25, 0.3) is 0 Å². The van der Waals surface area contributed by atoms with Gasteiger partial charge < -0.3 is 30.5 Å². The van der Waals surface area contributed by atoms with Gasteiger partial charge in [0.05, 0.1) is 46.0 Å². The maximum absolute atomic E-state index is 15.8. The lowest BCUT2D eigenvalue weighted by atomic mass is 9.85. The van der Waals surface area contributed by atoms with Gasteiger partial charge in [0.1, 0.15) is 23.7 Å². The summed E-state index contributed by atoms with van der Waals surface area (Å²) in [6, 6.07) is 10.3. The maximum Gasteiger partial charge on any atom is 0.301 e. The monoisotopic (exact) mass is 1150 g/mol. The third kappa shape index (κ3) is 13.0. The minimum Gasteiger partial charge on any atom is -0.391 e. The summed E-state index contributed by atoms with van der Waals surface area (Å²) in [5, 5.41) is 17.6. The normalized spacial score (nSPS) is 20.2. The van der Waals surface area contributed by atoms with Crippen LogP contribution in [0, 0.1) is 29.9 Å². The molecule has 0 bridgehead atoms. The van der Waals surface area contributed by atoms with Crippen LogP contribution in [-0.2, 0) is 26.3 Å². The van der Waals surface area contributed by atoms with Crippen LogP contribution in [0.2, 0.25) is 0 Å². The summed E-state index contributed by atoms with van der Waals surface area (Å²) in [6.45, 7) is 17.9. The molecule has 24 heteroatoms. The average molecular weight is 1150 g/mol. The SMILES string of the molecule is C=C(NCc1ccc(-c2scnc2C)cc1)[C@@H]1C[C@@H](O)CN1C(=O)[C@@H](NC(=O)CN1CCC(CN2CCN(c3ncc(-c4cnc5[nH]cc(C(=O)c6c(F)ccc(NS(=O)(=O)N7CC[C@@H](F)C7)c6F)c5c4)cn3)CC2)CC1)C(C)(C)C. The van der Waals surface area contributed by atoms with Crippen LogP contribution < -0.4 is 20.3 Å². The molecule has 4 saturated heterocycles. The number of piperidine rings is 1. The van der Waals surface area contributed by atoms with Gasteiger partial charge in [-0.25, -0.2) is 33.1 Å². The Balaban J connectivity index is 0.678. The molecule has 19 nitrogen and oxygen atoms in total. The van der Waals surface area contributed by atoms with E-state index in [1.165, 1.54) is 6.20 Å². The third-order valence-electron chi connectivity index (χ3n) is 15.8. The first-order valence-electron chi connectivity index (χ1n) is 27.3. The number of β-amino-alcohol motifs (C(OH)–C–C–N with tert-alkyl or cyclic N) is 1. The Hall–Kier alpha value is -6.83. The van der Waals surface area contributed by atoms with E-state index in [-0.39, 0.29) is 54.5 Å². The number of carbonyl (C=O) groups excluding carboxylic acids is 3. The molecule has 2 amide bonds. The number of thiazole rings is 1. The number of anilines is 2. The van der Waals surface area contributed by atoms with Crippen LogP contribution in [-0.4, -0.2) is 171 Å². The Morgan fingerprint density at radius 2 is 1.60 bits per heavy atom. The quantitative estimate of drug-likeness (QED) is 0.0597. The van der Waals surface area contributed by atoms with Crippen molar-refractivity contribution in [1.82, 2.24) is 54.6 Å². The van der Waals surface area contributed by atoms with Crippen LogP contribution >= 0.6 is 11.3 Å². The van der Waals surface area contributed by atoms with Crippen LogP contribution in [0.3, 0.4) is 0 Å². The molecule has 10 rings (SSSR count). The number of aryl methyl sites for hydroxylation is 1. The second-order valence-electron chi connectivity index (χ2n) is 22.7. The molecular formula is C57H68F3N13O6S2. The average Bonchev–Trinajstić information content (AvgIpc) is 4.50. The number of benzene rings is 2. The van der Waals surface area contributed by atoms with Crippen molar-refractivity contribution >= 4 is 61.8 Å². The molecule has 0 spiro atoms. The number of amides is 2. The summed E-state index contributed by atoms with van der Waals surface area (Å²) in [5.74, 6) is -3.08. The first kappa shape index (κ1) is 57.4. The van der Waals surface area contributed by atoms with Crippen molar-refractivity contribution in [3.8, 4) is 21.6 Å². The highest BCUT2D eigenvalue weighted by Gasteiger charge is 2.43. The van der Waals surface area contributed by atoms with Crippen molar-refractivity contribution in [3.05, 3.63) is 119 Å². The number of nitrogens with one attached hydrogen (secondary N) is 4. The molecule has 8 heterocycles. The Labute approximate surface area is 473 Å². The molecule has 5 N–H and O–H groups in total. The fourth-order valence-corrected chi connectivity index (χ4v) is 13.3. The highest BCUT2D eigenvalue weighted by Crippen LogP contribution is 2.33. The second-order valence-corrected chi connectivity index (χ2v) is 25.2. The molecule has 4 fully saturated rings. The second kappa shape index (κ2) is 23.9. The van der Waals surface area contributed by atoms with E-state index in [9.17, 15) is 32.3 Å². The molecular weight excluding hydrogens is 1080 g/mol. The number of H-pyrrole nitrogens is 1. The summed E-state index contributed by atoms with van der Waals surface area (Å²) in [5.41, 5.74) is 4.75. The predicted octanol–water partition coefficient (Wildman–Crippen LogP) is 6.29. The molecule has 430 valence electrons. The lowest BCUT2D eigenvalue weighted by Crippen LogP contribution is -2.58. The topological polar surface area (TPSA) is 225 Å². The highest BCUT2D eigenvalue weighted by atomic mass is 32.2. The number of piperazine rings is 1. The predicted molar refractivity (Wildman–Crippen MR) is 304 cm³/mol. The summed E-state index contributed by atoms with van der Waals surface area (Å²) >= 11 is 1.61. The number of likely N-dealkylation sites (tertiary alicyclic amines) is 2. The number of pyridine rings is 1. The molecule has 6 aromatic rings. The standard InChI is InChI=1S/C57H68F3N13O6S2/c1-34(61-24-36-6-8-38(9-7-36)52-35(2)66-33-80-52)47-23-42(74)31-73(47)55(77)53(57(3,4)5)67-48(75)32-69-15-12-37(13-16-69)29-70-18-20-71(21-19-70)56-64-26-40(27-65-56)39-22-43-44(28-63-54(43)62-25-39)51(76)49-45(59)10-11-46(50(49)60)68-81(78,79)72-17-14-41(58)30-72/h6-11,22,25-28,33,37,41-42,47,53,61,68,74H,1,12-21,23-24,29-32H2,2-5H3,(H,62,63)(H,67,75)/t41-,42-,47+,53-/m1/s1. The van der Waals surface area contributed by atoms with Gasteiger partial charge in [-0.1, -0.05) is 51.6 Å². The Morgan fingerprint density at radius 3 is 2.27 bits per heavy atom. The fraction of sp³-hybridized carbons (Fsp3) is 0.456. The van der Waals surface area contributed by atoms with Gasteiger partial charge in [-0.15, -0.1) is 11.3 Å². The zero-order chi connectivity index (χ0) is 57.3. The van der Waals surface area contributed by atoms with Crippen molar-refractivity contribution in [2.45, 2.75) is 84.3 Å². The van der Waals surface area contributed by atoms with Gasteiger partial charge in [0, 0.05) is 118 Å². The van der Waals surface area contributed by atoms with Gasteiger partial charge in [-0.05, 0) is 79.9 Å². The zero-order valence-corrected chi connectivity index (χ0v) is 47.4. The molecule has 4 aromatic heterocycles. The number of nitrogens with zero attached hydrogens (tertiary/aromatic N) is 9. The molecule has 4 atom stereocenters. The molecule has 2 aromatic carbocycles. The van der Waals surface area contributed by atoms with E-state index in [0.29, 0.717) is 54.7 Å². The van der Waals surface area contributed by atoms with E-state index < -0.39 is 75.2 Å². The number of hydrogen-bond acceptors (Lipinski definition) is 15. The number of aromatic nitrogens is 5. The Bertz CT molecular complexity index is 3400. The van der Waals surface area contributed by atoms with Crippen LogP contribution in [0.1, 0.15) is 73.6 Å². The van der Waals surface area contributed by atoms with Gasteiger partial charge >= 0.3 is 10.2 Å². The summed E-state index contributed by atoms with van der Waals surface area (Å²) in [6.07, 6.45) is 6.29. The molecule has 0 saturated carbocycles. The number of ketones is 1. The van der Waals surface area contributed by atoms with E-state index in [0.717, 1.165) is 83.7 Å². The number of fused-ring (bicyclic) bond motifs is 1. The summed E-state index contributed by atoms with van der Waals surface area (Å²) < 4.78 is 73.3. The lowest BCUT2D eigenvalue weighted by molar-refractivity contribution is -0.140. The molecule has 81 heavy (non-hydrogen) atoms. The van der Waals surface area contributed by atoms with E-state index in [4.69, 9.17) is 0 Å². The summed E-state index contributed by atoms with van der Waals surface area (Å²) in [7, 11) is -4.38. The molecule has 4 aliphatic rings. The van der Waals surface area contributed by atoms with Crippen molar-refractivity contribution in [2.75, 3.05) is 81.6 Å². The van der Waals surface area contributed by atoms with Crippen LogP contribution in [0.15, 0.2) is 85.0 Å². The zero-order valence-electron chi connectivity index (χ0n) is 45.8. The van der Waals surface area contributed by atoms with Gasteiger partial charge in [-0.3, -0.25) is 28.9 Å². The number of rotatable bonds is 18. The smallest absolute Gasteiger partial charge is 0.301 e. The summed E-state index contributed by atoms with van der Waals surface area (Å²) in [4.78, 5) is 72.3. The third-order valence-corrected chi connectivity index (χ3v) is 18.3. The Morgan fingerprint density at radius 1 is 0.889 bits per heavy atom. The van der Waals surface area contributed by atoms with Gasteiger partial charge in [0.2, 0.25) is 23.5 Å². The van der Waals surface area contributed by atoms with Crippen LogP contribution in [0.4, 0.5) is 24.8 Å². The number of hydrogen-bond donors (Lipinski definition) is 5. The molecule has 4 aliphatic heterocycles. The molecule has 0 unspecified atom stereocenters. The maximum atomic E-state index is 15.8. The minimum atomic E-state index is -4.38. The number of aromatic amines is 1. The lowest BCUT2D eigenvalue weighted by Gasteiger charge is -2.39. The van der Waals surface area contributed by atoms with E-state index in [2.05, 4.69) is 81.1 Å². The number of aliphatic hydroxyl groups excluding tert-OH is 1. The number of aliphatic hydroxyl groups is 1. The van der Waals surface area contributed by atoms with Crippen LogP contribution in [0.5, 0.6) is 0 Å². The van der Waals surface area contributed by atoms with E-state index in [1.807, 2.05) is 37.9 Å². The number of alkyl halides is 1. The van der Waals surface area contributed by atoms with Gasteiger partial charge in [0.15, 0.2) is 5.82 Å². The highest BCUT2D eigenvalue weighted by molar-refractivity contribution is 7.90. The number of carbonyl (C=O) groups is 3. The number of halogens is 3. The Kier molecular flexibility index (Phi) is 17.0. The molecule has 0 radical (unpaired) electrons. The van der Waals surface area contributed by atoms with Gasteiger partial charge in [-0.2, -0.15) is 12.7 Å².